The first kappa shape index (κ1) is 16.5. The van der Waals surface area contributed by atoms with Gasteiger partial charge in [-0.1, -0.05) is 6.07 Å². The second-order valence-corrected chi connectivity index (χ2v) is 6.36. The molecule has 1 aliphatic rings. The maximum absolute atomic E-state index is 11.8. The molecule has 1 aliphatic heterocycles. The number of hydrogen-bond acceptors (Lipinski definition) is 4. The zero-order valence-corrected chi connectivity index (χ0v) is 14.5. The third-order valence-corrected chi connectivity index (χ3v) is 4.78. The van der Waals surface area contributed by atoms with E-state index in [2.05, 4.69) is 25.9 Å². The molecule has 24 heavy (non-hydrogen) atoms. The van der Waals surface area contributed by atoms with Gasteiger partial charge >= 0.3 is 12.1 Å². The molecule has 0 radical (unpaired) electrons. The molecule has 0 saturated carbocycles. The molecule has 1 unspecified atom stereocenters. The van der Waals surface area contributed by atoms with Gasteiger partial charge in [-0.3, -0.25) is 4.90 Å². The summed E-state index contributed by atoms with van der Waals surface area (Å²) in [6, 6.07) is 5.06. The first-order valence-electron chi connectivity index (χ1n) is 7.44. The molecule has 126 valence electrons. The van der Waals surface area contributed by atoms with Crippen molar-refractivity contribution in [3.63, 3.8) is 0 Å². The first-order chi connectivity index (χ1) is 11.5. The summed E-state index contributed by atoms with van der Waals surface area (Å²) < 4.78 is 5.41. The van der Waals surface area contributed by atoms with Crippen LogP contribution in [0.4, 0.5) is 4.79 Å². The van der Waals surface area contributed by atoms with Crippen LogP contribution in [0, 0.1) is 0 Å². The average Bonchev–Trinajstić information content (AvgIpc) is 3.23. The quantitative estimate of drug-likeness (QED) is 0.778. The Bertz CT molecular complexity index is 789. The molecular weight excluding hydrogens is 378 g/mol. The van der Waals surface area contributed by atoms with Gasteiger partial charge in [-0.05, 0) is 40.9 Å². The van der Waals surface area contributed by atoms with E-state index in [0.717, 1.165) is 24.1 Å². The molecule has 2 N–H and O–H groups in total. The molecule has 1 amide bonds. The van der Waals surface area contributed by atoms with Crippen molar-refractivity contribution in [1.82, 2.24) is 14.9 Å². The SMILES string of the molecule is COC(=O)c1cc(-c2cnc(C3CCCN3C(=O)O)[nH]2)ccc1Br. The minimum absolute atomic E-state index is 0.258. The Morgan fingerprint density at radius 2 is 2.25 bits per heavy atom. The van der Waals surface area contributed by atoms with Crippen LogP contribution in [0.2, 0.25) is 0 Å². The average molecular weight is 394 g/mol. The molecular formula is C16H16BrN3O4. The highest BCUT2D eigenvalue weighted by Crippen LogP contribution is 2.32. The number of aromatic amines is 1. The van der Waals surface area contributed by atoms with E-state index in [1.165, 1.54) is 12.0 Å². The van der Waals surface area contributed by atoms with Crippen molar-refractivity contribution in [3.05, 3.63) is 40.3 Å². The van der Waals surface area contributed by atoms with Crippen molar-refractivity contribution < 1.29 is 19.4 Å². The topological polar surface area (TPSA) is 95.5 Å². The highest BCUT2D eigenvalue weighted by Gasteiger charge is 2.31. The van der Waals surface area contributed by atoms with Crippen LogP contribution < -0.4 is 0 Å². The Hall–Kier alpha value is -2.35. The zero-order valence-electron chi connectivity index (χ0n) is 13.0. The summed E-state index contributed by atoms with van der Waals surface area (Å²) in [5.74, 6) is 0.184. The van der Waals surface area contributed by atoms with Crippen molar-refractivity contribution in [2.75, 3.05) is 13.7 Å². The summed E-state index contributed by atoms with van der Waals surface area (Å²) in [5, 5.41) is 9.25. The number of nitrogens with zero attached hydrogens (tertiary/aromatic N) is 2. The van der Waals surface area contributed by atoms with Crippen LogP contribution in [0.15, 0.2) is 28.9 Å². The number of carbonyl (C=O) groups is 2. The molecule has 2 heterocycles. The zero-order chi connectivity index (χ0) is 17.3. The minimum atomic E-state index is -0.938. The van der Waals surface area contributed by atoms with E-state index >= 15 is 0 Å². The lowest BCUT2D eigenvalue weighted by atomic mass is 10.1. The summed E-state index contributed by atoms with van der Waals surface area (Å²) >= 11 is 3.33. The lowest BCUT2D eigenvalue weighted by Gasteiger charge is -2.19. The van der Waals surface area contributed by atoms with E-state index in [9.17, 15) is 14.7 Å². The van der Waals surface area contributed by atoms with Crippen LogP contribution in [0.1, 0.15) is 35.1 Å². The van der Waals surface area contributed by atoms with E-state index in [-0.39, 0.29) is 6.04 Å². The lowest BCUT2D eigenvalue weighted by molar-refractivity contribution is 0.0599. The molecule has 7 nitrogen and oxygen atoms in total. The molecule has 8 heteroatoms. The number of carbonyl (C=O) groups excluding carboxylic acids is 1. The fourth-order valence-corrected chi connectivity index (χ4v) is 3.30. The number of rotatable bonds is 3. The fraction of sp³-hybridized carbons (Fsp3) is 0.312. The maximum atomic E-state index is 11.8. The molecule has 1 aromatic carbocycles. The van der Waals surface area contributed by atoms with Gasteiger partial charge in [-0.2, -0.15) is 0 Å². The second-order valence-electron chi connectivity index (χ2n) is 5.50. The summed E-state index contributed by atoms with van der Waals surface area (Å²) in [4.78, 5) is 32.0. The van der Waals surface area contributed by atoms with E-state index < -0.39 is 12.1 Å². The standard InChI is InChI=1S/C16H16BrN3O4/c1-24-15(21)10-7-9(4-5-11(10)17)12-8-18-14(19-12)13-3-2-6-20(13)16(22)23/h4-5,7-8,13H,2-3,6H2,1H3,(H,18,19)(H,22,23). The van der Waals surface area contributed by atoms with Gasteiger partial charge in [0.15, 0.2) is 0 Å². The van der Waals surface area contributed by atoms with Crippen LogP contribution >= 0.6 is 15.9 Å². The number of halogens is 1. The third-order valence-electron chi connectivity index (χ3n) is 4.09. The molecule has 0 aliphatic carbocycles. The van der Waals surface area contributed by atoms with Gasteiger partial charge in [0.1, 0.15) is 5.82 Å². The number of methoxy groups -OCH3 is 1. The first-order valence-corrected chi connectivity index (χ1v) is 8.23. The van der Waals surface area contributed by atoms with Gasteiger partial charge in [0.05, 0.1) is 30.6 Å². The Kier molecular flexibility index (Phi) is 4.57. The summed E-state index contributed by atoms with van der Waals surface area (Å²) in [6.45, 7) is 0.515. The molecule has 1 atom stereocenters. The largest absolute Gasteiger partial charge is 0.465 e. The van der Waals surface area contributed by atoms with Crippen LogP contribution in [0.5, 0.6) is 0 Å². The smallest absolute Gasteiger partial charge is 0.407 e. The van der Waals surface area contributed by atoms with Crippen LogP contribution in [0.3, 0.4) is 0 Å². The van der Waals surface area contributed by atoms with E-state index in [1.54, 1.807) is 18.3 Å². The van der Waals surface area contributed by atoms with E-state index in [4.69, 9.17) is 4.74 Å². The fourth-order valence-electron chi connectivity index (χ4n) is 2.89. The molecule has 1 saturated heterocycles. The number of likely N-dealkylation sites (tertiary alicyclic amines) is 1. The molecule has 1 aromatic heterocycles. The van der Waals surface area contributed by atoms with E-state index in [1.807, 2.05) is 6.07 Å². The molecule has 0 spiro atoms. The monoisotopic (exact) mass is 393 g/mol. The molecule has 3 rings (SSSR count). The second kappa shape index (κ2) is 6.64. The van der Waals surface area contributed by atoms with Gasteiger partial charge in [0.25, 0.3) is 0 Å². The number of benzene rings is 1. The van der Waals surface area contributed by atoms with Crippen molar-refractivity contribution in [3.8, 4) is 11.3 Å². The van der Waals surface area contributed by atoms with Gasteiger partial charge in [0.2, 0.25) is 0 Å². The number of aromatic nitrogens is 2. The predicted octanol–water partition coefficient (Wildman–Crippen LogP) is 3.44. The Labute approximate surface area is 146 Å². The predicted molar refractivity (Wildman–Crippen MR) is 89.8 cm³/mol. The number of carboxylic acid groups (broad SMARTS) is 1. The maximum Gasteiger partial charge on any atom is 0.407 e. The molecule has 1 fully saturated rings. The number of esters is 1. The van der Waals surface area contributed by atoms with Gasteiger partial charge in [-0.25, -0.2) is 14.6 Å². The number of imidazole rings is 1. The normalized spacial score (nSPS) is 17.1. The van der Waals surface area contributed by atoms with Crippen molar-refractivity contribution in [1.29, 1.82) is 0 Å². The van der Waals surface area contributed by atoms with Crippen molar-refractivity contribution in [2.24, 2.45) is 0 Å². The Balaban J connectivity index is 1.91. The Morgan fingerprint density at radius 1 is 1.46 bits per heavy atom. The van der Waals surface area contributed by atoms with Crippen molar-refractivity contribution >= 4 is 28.0 Å². The molecule has 0 bridgehead atoms. The minimum Gasteiger partial charge on any atom is -0.465 e. The number of hydrogen-bond donors (Lipinski definition) is 2. The lowest BCUT2D eigenvalue weighted by Crippen LogP contribution is -2.29. The highest BCUT2D eigenvalue weighted by atomic mass is 79.9. The van der Waals surface area contributed by atoms with Gasteiger partial charge < -0.3 is 14.8 Å². The summed E-state index contributed by atoms with van der Waals surface area (Å²) in [6.07, 6.45) is 2.27. The summed E-state index contributed by atoms with van der Waals surface area (Å²) in [5.41, 5.74) is 1.91. The number of nitrogens with one attached hydrogen (secondary N) is 1. The van der Waals surface area contributed by atoms with Crippen LogP contribution in [-0.4, -0.2) is 45.7 Å². The van der Waals surface area contributed by atoms with Crippen molar-refractivity contribution in [2.45, 2.75) is 18.9 Å². The highest BCUT2D eigenvalue weighted by molar-refractivity contribution is 9.10. The van der Waals surface area contributed by atoms with E-state index in [0.29, 0.717) is 22.4 Å². The third kappa shape index (κ3) is 3.01. The van der Waals surface area contributed by atoms with Crippen LogP contribution in [-0.2, 0) is 4.74 Å². The number of ether oxygens (including phenoxy) is 1. The molecule has 2 aromatic rings. The number of H-pyrrole nitrogens is 1. The Morgan fingerprint density at radius 3 is 2.96 bits per heavy atom. The van der Waals surface area contributed by atoms with Gasteiger partial charge in [-0.15, -0.1) is 0 Å². The van der Waals surface area contributed by atoms with Gasteiger partial charge in [0, 0.05) is 16.6 Å². The number of amides is 1. The summed E-state index contributed by atoms with van der Waals surface area (Å²) in [7, 11) is 1.33. The van der Waals surface area contributed by atoms with Crippen LogP contribution in [0.25, 0.3) is 11.3 Å².